The molecular weight excluding hydrogens is 484 g/mol. The van der Waals surface area contributed by atoms with Crippen molar-refractivity contribution in [3.05, 3.63) is 46.9 Å². The van der Waals surface area contributed by atoms with E-state index in [0.717, 1.165) is 0 Å². The molecule has 0 unspecified atom stereocenters. The topological polar surface area (TPSA) is 100 Å². The first-order chi connectivity index (χ1) is 17.8. The second-order valence-electron chi connectivity index (χ2n) is 7.76. The van der Waals surface area contributed by atoms with E-state index in [2.05, 4.69) is 0 Å². The van der Waals surface area contributed by atoms with Gasteiger partial charge in [0.2, 0.25) is 11.5 Å². The maximum atomic E-state index is 13.5. The summed E-state index contributed by atoms with van der Waals surface area (Å²) in [6.07, 6.45) is 3.10. The van der Waals surface area contributed by atoms with Crippen LogP contribution >= 0.6 is 0 Å². The zero-order chi connectivity index (χ0) is 27.2. The molecule has 1 aliphatic heterocycles. The van der Waals surface area contributed by atoms with Gasteiger partial charge in [0.15, 0.2) is 34.5 Å². The fourth-order valence-corrected chi connectivity index (χ4v) is 3.82. The molecule has 1 heterocycles. The van der Waals surface area contributed by atoms with Crippen LogP contribution in [0.4, 0.5) is 0 Å². The monoisotopic (exact) mass is 516 g/mol. The molecule has 200 valence electrons. The maximum Gasteiger partial charge on any atom is 0.368 e. The molecule has 0 aliphatic carbocycles. The van der Waals surface area contributed by atoms with Crippen molar-refractivity contribution in [2.24, 2.45) is 0 Å². The molecular formula is C27H32O10. The Bertz CT molecular complexity index is 1060. The molecule has 3 rings (SSSR count). The number of ether oxygens (including phenoxy) is 9. The Balaban J connectivity index is 2.13. The zero-order valence-corrected chi connectivity index (χ0v) is 22.3. The third kappa shape index (κ3) is 5.86. The number of hydrogen-bond donors (Lipinski definition) is 0. The number of carbonyl (C=O) groups excluding carboxylic acids is 1. The number of carbonyl (C=O) groups is 1. The molecule has 1 fully saturated rings. The lowest BCUT2D eigenvalue weighted by Crippen LogP contribution is -2.42. The van der Waals surface area contributed by atoms with E-state index in [0.29, 0.717) is 45.6 Å². The molecule has 0 saturated carbocycles. The van der Waals surface area contributed by atoms with E-state index in [9.17, 15) is 4.79 Å². The third-order valence-electron chi connectivity index (χ3n) is 5.41. The third-order valence-corrected chi connectivity index (χ3v) is 5.41. The number of hydrogen-bond acceptors (Lipinski definition) is 10. The molecule has 0 amide bonds. The van der Waals surface area contributed by atoms with Crippen LogP contribution in [-0.2, 0) is 19.0 Å². The molecule has 37 heavy (non-hydrogen) atoms. The Labute approximate surface area is 216 Å². The highest BCUT2D eigenvalue weighted by molar-refractivity contribution is 6.11. The lowest BCUT2D eigenvalue weighted by atomic mass is 10.1. The molecule has 0 atom stereocenters. The van der Waals surface area contributed by atoms with Gasteiger partial charge >= 0.3 is 5.97 Å². The number of methoxy groups -OCH3 is 6. The van der Waals surface area contributed by atoms with Crippen molar-refractivity contribution in [2.75, 3.05) is 49.3 Å². The predicted octanol–water partition coefficient (Wildman–Crippen LogP) is 4.45. The minimum Gasteiger partial charge on any atom is -0.493 e. The smallest absolute Gasteiger partial charge is 0.368 e. The Morgan fingerprint density at radius 2 is 1.03 bits per heavy atom. The summed E-state index contributed by atoms with van der Waals surface area (Å²) in [5.41, 5.74) is 1.15. The summed E-state index contributed by atoms with van der Waals surface area (Å²) in [5.74, 6) is 0.486. The summed E-state index contributed by atoms with van der Waals surface area (Å²) >= 11 is 0. The molecule has 0 spiro atoms. The molecule has 0 radical (unpaired) electrons. The summed E-state index contributed by atoms with van der Waals surface area (Å²) < 4.78 is 49.9. The molecule has 10 nitrogen and oxygen atoms in total. The SMILES string of the molecule is CCOC1(C)O/C(=C\c2cc(OC)c(OC)c(OC)c2)C(=O)/C(=C/c2cc(OC)c(OC)c(OC)c2)O1. The molecule has 0 bridgehead atoms. The van der Waals surface area contributed by atoms with Crippen LogP contribution in [-0.4, -0.2) is 61.0 Å². The molecule has 2 aromatic rings. The largest absolute Gasteiger partial charge is 0.493 e. The second-order valence-corrected chi connectivity index (χ2v) is 7.76. The van der Waals surface area contributed by atoms with Crippen molar-refractivity contribution in [3.8, 4) is 34.5 Å². The first-order valence-corrected chi connectivity index (χ1v) is 11.4. The van der Waals surface area contributed by atoms with E-state index in [1.165, 1.54) is 42.7 Å². The summed E-state index contributed by atoms with van der Waals surface area (Å²) in [5, 5.41) is 0. The van der Waals surface area contributed by atoms with Gasteiger partial charge < -0.3 is 42.6 Å². The average Bonchev–Trinajstić information content (AvgIpc) is 2.90. The first kappa shape index (κ1) is 27.5. The van der Waals surface area contributed by atoms with Gasteiger partial charge in [0, 0.05) is 6.92 Å². The van der Waals surface area contributed by atoms with Crippen LogP contribution < -0.4 is 28.4 Å². The van der Waals surface area contributed by atoms with Crippen LogP contribution in [0.25, 0.3) is 12.2 Å². The maximum absolute atomic E-state index is 13.5. The van der Waals surface area contributed by atoms with E-state index in [4.69, 9.17) is 42.6 Å². The van der Waals surface area contributed by atoms with Gasteiger partial charge in [-0.1, -0.05) is 0 Å². The molecule has 1 saturated heterocycles. The van der Waals surface area contributed by atoms with Gasteiger partial charge in [-0.3, -0.25) is 4.79 Å². The highest BCUT2D eigenvalue weighted by atomic mass is 16.9. The quantitative estimate of drug-likeness (QED) is 0.421. The van der Waals surface area contributed by atoms with E-state index < -0.39 is 11.8 Å². The molecule has 1 aliphatic rings. The van der Waals surface area contributed by atoms with Crippen molar-refractivity contribution in [1.82, 2.24) is 0 Å². The van der Waals surface area contributed by atoms with Gasteiger partial charge in [-0.25, -0.2) is 0 Å². The van der Waals surface area contributed by atoms with Crippen LogP contribution in [0.5, 0.6) is 34.5 Å². The van der Waals surface area contributed by atoms with Crippen LogP contribution in [0.2, 0.25) is 0 Å². The van der Waals surface area contributed by atoms with Crippen molar-refractivity contribution < 1.29 is 47.4 Å². The summed E-state index contributed by atoms with van der Waals surface area (Å²) in [6, 6.07) is 6.78. The second kappa shape index (κ2) is 11.8. The normalized spacial score (nSPS) is 19.2. The average molecular weight is 517 g/mol. The highest BCUT2D eigenvalue weighted by Crippen LogP contribution is 2.41. The minimum absolute atomic E-state index is 0.00448. The standard InChI is InChI=1S/C27H32O10/c1-9-35-27(2)36-18(10-16-12-20(29-3)25(33-7)21(13-16)30-4)24(28)19(37-27)11-17-14-22(31-5)26(34-8)23(15-17)32-6/h10-15H,9H2,1-8H3/b18-10-,19-11-. The number of rotatable bonds is 10. The van der Waals surface area contributed by atoms with Crippen LogP contribution in [0, 0.1) is 0 Å². The van der Waals surface area contributed by atoms with Gasteiger partial charge in [0.05, 0.1) is 49.3 Å². The van der Waals surface area contributed by atoms with E-state index >= 15 is 0 Å². The van der Waals surface area contributed by atoms with Crippen LogP contribution in [0.15, 0.2) is 35.8 Å². The fourth-order valence-electron chi connectivity index (χ4n) is 3.82. The lowest BCUT2D eigenvalue weighted by Gasteiger charge is -2.35. The highest BCUT2D eigenvalue weighted by Gasteiger charge is 2.41. The van der Waals surface area contributed by atoms with E-state index in [1.807, 2.05) is 0 Å². The van der Waals surface area contributed by atoms with Crippen molar-refractivity contribution in [3.63, 3.8) is 0 Å². The Kier molecular flexibility index (Phi) is 8.77. The Morgan fingerprint density at radius 3 is 1.30 bits per heavy atom. The van der Waals surface area contributed by atoms with Gasteiger partial charge in [0.25, 0.3) is 5.78 Å². The van der Waals surface area contributed by atoms with Crippen molar-refractivity contribution in [1.29, 1.82) is 0 Å². The molecule has 10 heteroatoms. The predicted molar refractivity (Wildman–Crippen MR) is 135 cm³/mol. The van der Waals surface area contributed by atoms with E-state index in [1.54, 1.807) is 50.3 Å². The Hall–Kier alpha value is -4.05. The summed E-state index contributed by atoms with van der Waals surface area (Å²) in [4.78, 5) is 13.5. The van der Waals surface area contributed by atoms with Gasteiger partial charge in [-0.15, -0.1) is 0 Å². The van der Waals surface area contributed by atoms with Crippen LogP contribution in [0.1, 0.15) is 25.0 Å². The summed E-state index contributed by atoms with van der Waals surface area (Å²) in [7, 11) is 9.06. The number of ketones is 1. The fraction of sp³-hybridized carbons (Fsp3) is 0.370. The lowest BCUT2D eigenvalue weighted by molar-refractivity contribution is -0.343. The zero-order valence-electron chi connectivity index (χ0n) is 22.3. The number of benzene rings is 2. The number of Topliss-reactive ketones (excluding diaryl/α,β-unsaturated/α-hetero) is 1. The molecule has 0 N–H and O–H groups in total. The van der Waals surface area contributed by atoms with E-state index in [-0.39, 0.29) is 18.1 Å². The molecule has 2 aromatic carbocycles. The summed E-state index contributed by atoms with van der Waals surface area (Å²) in [6.45, 7) is 3.65. The minimum atomic E-state index is -1.55. The first-order valence-electron chi connectivity index (χ1n) is 11.4. The van der Waals surface area contributed by atoms with Gasteiger partial charge in [-0.05, 0) is 54.5 Å². The van der Waals surface area contributed by atoms with Crippen molar-refractivity contribution >= 4 is 17.9 Å². The molecule has 0 aromatic heterocycles. The van der Waals surface area contributed by atoms with Gasteiger partial charge in [-0.2, -0.15) is 0 Å². The van der Waals surface area contributed by atoms with Gasteiger partial charge in [0.1, 0.15) is 0 Å². The van der Waals surface area contributed by atoms with Crippen LogP contribution in [0.3, 0.4) is 0 Å². The Morgan fingerprint density at radius 1 is 0.676 bits per heavy atom. The van der Waals surface area contributed by atoms with Crippen molar-refractivity contribution in [2.45, 2.75) is 19.8 Å².